The lowest BCUT2D eigenvalue weighted by molar-refractivity contribution is -0.158. The number of halogens is 3. The fourth-order valence-corrected chi connectivity index (χ4v) is 3.15. The van der Waals surface area contributed by atoms with E-state index in [9.17, 15) is 18.0 Å². The Kier molecular flexibility index (Phi) is 4.92. The Labute approximate surface area is 168 Å². The topological polar surface area (TPSA) is 108 Å². The van der Waals surface area contributed by atoms with Crippen LogP contribution in [-0.4, -0.2) is 38.8 Å². The number of aromatic nitrogens is 3. The van der Waals surface area contributed by atoms with Crippen LogP contribution in [0.4, 0.5) is 13.2 Å². The molecule has 4 rings (SSSR count). The Morgan fingerprint density at radius 3 is 2.83 bits per heavy atom. The molecule has 10 heteroatoms. The maximum absolute atomic E-state index is 13.1. The normalized spacial score (nSPS) is 15.9. The number of hydrogen-bond donors (Lipinski definition) is 3. The van der Waals surface area contributed by atoms with Crippen LogP contribution in [-0.2, 0) is 0 Å². The predicted octanol–water partition coefficient (Wildman–Crippen LogP) is 4.09. The number of H-pyrrole nitrogens is 1. The summed E-state index contributed by atoms with van der Waals surface area (Å²) in [4.78, 5) is 23.1. The Morgan fingerprint density at radius 1 is 1.37 bits per heavy atom. The molecule has 0 bridgehead atoms. The zero-order valence-corrected chi connectivity index (χ0v) is 15.9. The molecule has 7 nitrogen and oxygen atoms in total. The molecular weight excluding hydrogens is 399 g/mol. The largest absolute Gasteiger partial charge is 0.443 e. The van der Waals surface area contributed by atoms with Crippen LogP contribution in [0.25, 0.3) is 16.7 Å². The Bertz CT molecular complexity index is 1140. The van der Waals surface area contributed by atoms with Crippen molar-refractivity contribution < 1.29 is 22.4 Å². The van der Waals surface area contributed by atoms with Crippen LogP contribution in [0.15, 0.2) is 41.3 Å². The van der Waals surface area contributed by atoms with E-state index in [0.717, 1.165) is 0 Å². The zero-order valence-electron chi connectivity index (χ0n) is 15.9. The molecule has 3 aromatic rings. The number of oxazole rings is 1. The minimum atomic E-state index is -4.49. The van der Waals surface area contributed by atoms with Crippen molar-refractivity contribution in [2.24, 2.45) is 5.92 Å². The summed E-state index contributed by atoms with van der Waals surface area (Å²) in [5.74, 6) is -1.13. The van der Waals surface area contributed by atoms with Gasteiger partial charge in [0.1, 0.15) is 23.1 Å². The second-order valence-electron chi connectivity index (χ2n) is 7.25. The lowest BCUT2D eigenvalue weighted by Crippen LogP contribution is -2.47. The number of benzene rings is 1. The number of nitrogens with zero attached hydrogens (tertiary/aromatic N) is 2. The molecule has 0 radical (unpaired) electrons. The van der Waals surface area contributed by atoms with E-state index in [-0.39, 0.29) is 11.4 Å². The highest BCUT2D eigenvalue weighted by molar-refractivity contribution is 6.11. The van der Waals surface area contributed by atoms with E-state index in [1.165, 1.54) is 12.6 Å². The first kappa shape index (κ1) is 19.9. The number of nitrogens with one attached hydrogen (secondary N) is 3. The number of rotatable bonds is 6. The summed E-state index contributed by atoms with van der Waals surface area (Å²) < 4.78 is 44.5. The van der Waals surface area contributed by atoms with E-state index in [4.69, 9.17) is 9.83 Å². The highest BCUT2D eigenvalue weighted by Gasteiger charge is 2.49. The van der Waals surface area contributed by atoms with Gasteiger partial charge < -0.3 is 20.1 Å². The number of carbonyl (C=O) groups excluding carboxylic acids is 1. The highest BCUT2D eigenvalue weighted by Crippen LogP contribution is 2.40. The van der Waals surface area contributed by atoms with Crippen LogP contribution in [0, 0.1) is 11.3 Å². The zero-order chi connectivity index (χ0) is 21.5. The first-order valence-electron chi connectivity index (χ1n) is 9.26. The van der Waals surface area contributed by atoms with Crippen LogP contribution in [0.1, 0.15) is 41.6 Å². The summed E-state index contributed by atoms with van der Waals surface area (Å²) in [5, 5.41) is 10.3. The molecule has 0 saturated heterocycles. The van der Waals surface area contributed by atoms with E-state index in [0.29, 0.717) is 40.9 Å². The first-order chi connectivity index (χ1) is 14.2. The lowest BCUT2D eigenvalue weighted by Gasteiger charge is -2.20. The summed E-state index contributed by atoms with van der Waals surface area (Å²) in [7, 11) is 0. The molecule has 30 heavy (non-hydrogen) atoms. The van der Waals surface area contributed by atoms with E-state index < -0.39 is 24.0 Å². The fraction of sp³-hybridized carbons (Fsp3) is 0.300. The second-order valence-corrected chi connectivity index (χ2v) is 7.25. The molecule has 1 aliphatic carbocycles. The molecule has 1 aliphatic rings. The molecular formula is C20H18F3N5O2. The van der Waals surface area contributed by atoms with E-state index in [1.54, 1.807) is 31.2 Å². The molecule has 3 N–H and O–H groups in total. The summed E-state index contributed by atoms with van der Waals surface area (Å²) in [6.45, 7) is 1.69. The number of fused-ring (bicyclic) bond motifs is 1. The molecule has 0 spiro atoms. The molecule has 0 aliphatic heterocycles. The van der Waals surface area contributed by atoms with Crippen molar-refractivity contribution in [2.45, 2.75) is 32.0 Å². The van der Waals surface area contributed by atoms with Crippen LogP contribution < -0.4 is 5.32 Å². The van der Waals surface area contributed by atoms with Gasteiger partial charge in [0.05, 0.1) is 11.9 Å². The van der Waals surface area contributed by atoms with Crippen molar-refractivity contribution in [3.63, 3.8) is 0 Å². The predicted molar refractivity (Wildman–Crippen MR) is 103 cm³/mol. The van der Waals surface area contributed by atoms with Crippen molar-refractivity contribution in [3.8, 4) is 0 Å². The van der Waals surface area contributed by atoms with E-state index >= 15 is 0 Å². The SMILES string of the molecule is C/C(=C/C(=N)c1ccc2ocnc2c1)c1ncc(C(=O)NC(C2CC2)C(F)(F)F)[nH]1. The Hall–Kier alpha value is -3.43. The molecule has 1 unspecified atom stereocenters. The van der Waals surface area contributed by atoms with Gasteiger partial charge in [0.25, 0.3) is 5.91 Å². The summed E-state index contributed by atoms with van der Waals surface area (Å²) in [6.07, 6.45) is 0.458. The number of imidazole rings is 1. The molecule has 1 aromatic carbocycles. The maximum atomic E-state index is 13.1. The maximum Gasteiger partial charge on any atom is 0.408 e. The van der Waals surface area contributed by atoms with Gasteiger partial charge in [-0.1, -0.05) is 0 Å². The molecule has 1 fully saturated rings. The Balaban J connectivity index is 1.48. The molecule has 1 saturated carbocycles. The van der Waals surface area contributed by atoms with Crippen LogP contribution in [0.2, 0.25) is 0 Å². The number of hydrogen-bond acceptors (Lipinski definition) is 5. The van der Waals surface area contributed by atoms with E-state index in [2.05, 4.69) is 20.3 Å². The third-order valence-corrected chi connectivity index (χ3v) is 4.93. The summed E-state index contributed by atoms with van der Waals surface area (Å²) >= 11 is 0. The van der Waals surface area contributed by atoms with Crippen molar-refractivity contribution in [2.75, 3.05) is 0 Å². The van der Waals surface area contributed by atoms with Gasteiger partial charge >= 0.3 is 6.18 Å². The van der Waals surface area contributed by atoms with Crippen LogP contribution in [0.5, 0.6) is 0 Å². The highest BCUT2D eigenvalue weighted by atomic mass is 19.4. The van der Waals surface area contributed by atoms with Crippen molar-refractivity contribution in [1.29, 1.82) is 5.41 Å². The molecule has 2 aromatic heterocycles. The Morgan fingerprint density at radius 2 is 2.13 bits per heavy atom. The van der Waals surface area contributed by atoms with Crippen molar-refractivity contribution in [1.82, 2.24) is 20.3 Å². The second kappa shape index (κ2) is 7.43. The third-order valence-electron chi connectivity index (χ3n) is 4.93. The molecule has 156 valence electrons. The number of allylic oxidation sites excluding steroid dienone is 2. The first-order valence-corrected chi connectivity index (χ1v) is 9.26. The minimum absolute atomic E-state index is 0.0665. The van der Waals surface area contributed by atoms with Crippen molar-refractivity contribution >= 4 is 28.3 Å². The van der Waals surface area contributed by atoms with Crippen molar-refractivity contribution in [3.05, 3.63) is 53.9 Å². The average molecular weight is 417 g/mol. The van der Waals surface area contributed by atoms with Gasteiger partial charge in [-0.3, -0.25) is 4.79 Å². The van der Waals surface area contributed by atoms with Crippen LogP contribution >= 0.6 is 0 Å². The van der Waals surface area contributed by atoms with Gasteiger partial charge in [0.2, 0.25) is 0 Å². The van der Waals surface area contributed by atoms with Gasteiger partial charge in [-0.15, -0.1) is 0 Å². The minimum Gasteiger partial charge on any atom is -0.443 e. The van der Waals surface area contributed by atoms with Gasteiger partial charge in [-0.05, 0) is 55.5 Å². The summed E-state index contributed by atoms with van der Waals surface area (Å²) in [6, 6.07) is 3.28. The standard InChI is InChI=1S/C20H18F3N5O2/c1-10(6-13(24)12-4-5-16-14(7-12)26-9-30-16)18-25-8-15(27-18)19(29)28-17(11-2-3-11)20(21,22)23/h4-9,11,17,24H,2-3H2,1H3,(H,25,27)(H,28,29)/b10-6-,24-13?. The lowest BCUT2D eigenvalue weighted by atomic mass is 10.1. The van der Waals surface area contributed by atoms with Gasteiger partial charge in [-0.2, -0.15) is 13.2 Å². The van der Waals surface area contributed by atoms with Crippen LogP contribution in [0.3, 0.4) is 0 Å². The smallest absolute Gasteiger partial charge is 0.408 e. The quantitative estimate of drug-likeness (QED) is 0.525. The van der Waals surface area contributed by atoms with E-state index in [1.807, 2.05) is 0 Å². The monoisotopic (exact) mass is 417 g/mol. The average Bonchev–Trinajstić information content (AvgIpc) is 3.20. The fourth-order valence-electron chi connectivity index (χ4n) is 3.15. The summed E-state index contributed by atoms with van der Waals surface area (Å²) in [5.41, 5.74) is 2.51. The van der Waals surface area contributed by atoms with Gasteiger partial charge in [0, 0.05) is 5.56 Å². The number of carbonyl (C=O) groups is 1. The van der Waals surface area contributed by atoms with Gasteiger partial charge in [-0.25, -0.2) is 9.97 Å². The number of aromatic amines is 1. The third kappa shape index (κ3) is 4.12. The molecule has 1 amide bonds. The number of amides is 1. The molecule has 2 heterocycles. The van der Waals surface area contributed by atoms with Gasteiger partial charge in [0.15, 0.2) is 12.0 Å². The molecule has 1 atom stereocenters. The number of alkyl halides is 3.